The fourth-order valence-electron chi connectivity index (χ4n) is 2.51. The number of hydrogen-bond acceptors (Lipinski definition) is 4. The number of carboxylic acids is 1. The van der Waals surface area contributed by atoms with E-state index in [4.69, 9.17) is 5.11 Å². The van der Waals surface area contributed by atoms with Crippen molar-refractivity contribution in [3.63, 3.8) is 0 Å². The molecule has 5 nitrogen and oxygen atoms in total. The molecule has 0 bridgehead atoms. The predicted octanol–water partition coefficient (Wildman–Crippen LogP) is 2.35. The summed E-state index contributed by atoms with van der Waals surface area (Å²) in [5.74, 6) is -1.15. The number of carboxylic acid groups (broad SMARTS) is 1. The van der Waals surface area contributed by atoms with Crippen molar-refractivity contribution in [1.82, 2.24) is 10.3 Å². The first kappa shape index (κ1) is 15.9. The van der Waals surface area contributed by atoms with Gasteiger partial charge in [-0.2, -0.15) is 0 Å². The van der Waals surface area contributed by atoms with Gasteiger partial charge in [0.1, 0.15) is 0 Å². The third-order valence-electron chi connectivity index (χ3n) is 3.68. The van der Waals surface area contributed by atoms with Gasteiger partial charge in [-0.05, 0) is 19.3 Å². The summed E-state index contributed by atoms with van der Waals surface area (Å²) in [4.78, 5) is 27.4. The number of nitrogens with one attached hydrogen (secondary N) is 1. The van der Waals surface area contributed by atoms with Gasteiger partial charge in [0.15, 0.2) is 0 Å². The van der Waals surface area contributed by atoms with Crippen molar-refractivity contribution < 1.29 is 14.7 Å². The normalized spacial score (nSPS) is 22.2. The highest BCUT2D eigenvalue weighted by atomic mass is 32.1. The standard InChI is InChI=1S/C15H22N2O3S/c1-15(2,3)14-17-11(8-21-14)7-12(18)16-10-5-4-9(6-10)13(19)20/h8-10H,4-7H2,1-3H3,(H,16,18)(H,19,20)/t9-,10+/m0/s1. The fourth-order valence-corrected chi connectivity index (χ4v) is 3.42. The summed E-state index contributed by atoms with van der Waals surface area (Å²) in [7, 11) is 0. The lowest BCUT2D eigenvalue weighted by molar-refractivity contribution is -0.141. The topological polar surface area (TPSA) is 79.3 Å². The lowest BCUT2D eigenvalue weighted by Crippen LogP contribution is -2.34. The minimum Gasteiger partial charge on any atom is -0.481 e. The number of rotatable bonds is 4. The molecule has 2 N–H and O–H groups in total. The second kappa shape index (κ2) is 6.13. The van der Waals surface area contributed by atoms with Crippen LogP contribution in [0.1, 0.15) is 50.7 Å². The van der Waals surface area contributed by atoms with Gasteiger partial charge in [0.2, 0.25) is 5.91 Å². The van der Waals surface area contributed by atoms with Crippen LogP contribution in [-0.2, 0) is 21.4 Å². The fraction of sp³-hybridized carbons (Fsp3) is 0.667. The minimum atomic E-state index is -0.763. The zero-order chi connectivity index (χ0) is 15.6. The van der Waals surface area contributed by atoms with Crippen LogP contribution in [0, 0.1) is 5.92 Å². The van der Waals surface area contributed by atoms with Gasteiger partial charge in [-0.25, -0.2) is 4.98 Å². The SMILES string of the molecule is CC(C)(C)c1nc(CC(=O)N[C@@H]2CC[C@H](C(=O)O)C2)cs1. The Morgan fingerprint density at radius 2 is 2.14 bits per heavy atom. The quantitative estimate of drug-likeness (QED) is 0.894. The van der Waals surface area contributed by atoms with Gasteiger partial charge < -0.3 is 10.4 Å². The van der Waals surface area contributed by atoms with Gasteiger partial charge in [-0.1, -0.05) is 20.8 Å². The average molecular weight is 310 g/mol. The highest BCUT2D eigenvalue weighted by molar-refractivity contribution is 7.09. The van der Waals surface area contributed by atoms with E-state index in [1.807, 2.05) is 5.38 Å². The van der Waals surface area contributed by atoms with Crippen molar-refractivity contribution in [2.45, 2.75) is 57.9 Å². The molecule has 2 rings (SSSR count). The third-order valence-corrected chi connectivity index (χ3v) is 5.00. The lowest BCUT2D eigenvalue weighted by atomic mass is 9.98. The summed E-state index contributed by atoms with van der Waals surface area (Å²) in [6, 6.07) is -0.0145. The van der Waals surface area contributed by atoms with Crippen molar-refractivity contribution in [3.05, 3.63) is 16.1 Å². The van der Waals surface area contributed by atoms with E-state index in [-0.39, 0.29) is 29.7 Å². The highest BCUT2D eigenvalue weighted by Gasteiger charge is 2.30. The molecule has 1 aliphatic carbocycles. The molecule has 0 unspecified atom stereocenters. The zero-order valence-corrected chi connectivity index (χ0v) is 13.5. The third kappa shape index (κ3) is 4.27. The lowest BCUT2D eigenvalue weighted by Gasteiger charge is -2.14. The molecule has 6 heteroatoms. The van der Waals surface area contributed by atoms with Gasteiger partial charge in [0.25, 0.3) is 0 Å². The maximum atomic E-state index is 12.0. The smallest absolute Gasteiger partial charge is 0.306 e. The summed E-state index contributed by atoms with van der Waals surface area (Å²) >= 11 is 1.58. The predicted molar refractivity (Wildman–Crippen MR) is 81.4 cm³/mol. The summed E-state index contributed by atoms with van der Waals surface area (Å²) < 4.78 is 0. The van der Waals surface area contributed by atoms with Crippen molar-refractivity contribution in [3.8, 4) is 0 Å². The van der Waals surface area contributed by atoms with Crippen LogP contribution >= 0.6 is 11.3 Å². The van der Waals surface area contributed by atoms with E-state index in [1.165, 1.54) is 0 Å². The molecule has 0 spiro atoms. The molecule has 1 aromatic rings. The Bertz CT molecular complexity index is 533. The molecule has 1 aromatic heterocycles. The van der Waals surface area contributed by atoms with Crippen molar-refractivity contribution >= 4 is 23.2 Å². The number of aromatic nitrogens is 1. The van der Waals surface area contributed by atoms with Gasteiger partial charge in [-0.3, -0.25) is 9.59 Å². The maximum absolute atomic E-state index is 12.0. The Morgan fingerprint density at radius 3 is 2.67 bits per heavy atom. The Labute approximate surface area is 128 Å². The molecule has 1 saturated carbocycles. The van der Waals surface area contributed by atoms with Crippen LogP contribution in [0.25, 0.3) is 0 Å². The summed E-state index contributed by atoms with van der Waals surface area (Å²) in [5.41, 5.74) is 0.787. The van der Waals surface area contributed by atoms with E-state index in [2.05, 4.69) is 31.1 Å². The molecule has 1 aliphatic rings. The van der Waals surface area contributed by atoms with E-state index in [9.17, 15) is 9.59 Å². The Hall–Kier alpha value is -1.43. The monoisotopic (exact) mass is 310 g/mol. The molecule has 0 saturated heterocycles. The Balaban J connectivity index is 1.85. The summed E-state index contributed by atoms with van der Waals surface area (Å²) in [6.07, 6.45) is 2.18. The molecule has 2 atom stereocenters. The van der Waals surface area contributed by atoms with Crippen molar-refractivity contribution in [2.24, 2.45) is 5.92 Å². The highest BCUT2D eigenvalue weighted by Crippen LogP contribution is 2.27. The first-order valence-electron chi connectivity index (χ1n) is 7.23. The molecule has 0 aliphatic heterocycles. The number of amides is 1. The Morgan fingerprint density at radius 1 is 1.43 bits per heavy atom. The number of carbonyl (C=O) groups is 2. The van der Waals surface area contributed by atoms with Crippen LogP contribution in [-0.4, -0.2) is 28.0 Å². The molecule has 0 aromatic carbocycles. The molecule has 1 heterocycles. The van der Waals surface area contributed by atoms with Crippen LogP contribution < -0.4 is 5.32 Å². The number of hydrogen-bond donors (Lipinski definition) is 2. The second-order valence-corrected chi connectivity index (χ2v) is 7.54. The van der Waals surface area contributed by atoms with Gasteiger partial charge >= 0.3 is 5.97 Å². The molecule has 1 fully saturated rings. The van der Waals surface area contributed by atoms with E-state index in [0.29, 0.717) is 12.8 Å². The minimum absolute atomic E-state index is 0.000442. The summed E-state index contributed by atoms with van der Waals surface area (Å²) in [5, 5.41) is 14.8. The second-order valence-electron chi connectivity index (χ2n) is 6.68. The Kier molecular flexibility index (Phi) is 4.66. The van der Waals surface area contributed by atoms with E-state index in [0.717, 1.165) is 17.1 Å². The number of carbonyl (C=O) groups excluding carboxylic acids is 1. The maximum Gasteiger partial charge on any atom is 0.306 e. The van der Waals surface area contributed by atoms with Crippen LogP contribution in [0.5, 0.6) is 0 Å². The van der Waals surface area contributed by atoms with E-state index < -0.39 is 5.97 Å². The van der Waals surface area contributed by atoms with Crippen LogP contribution in [0.15, 0.2) is 5.38 Å². The van der Waals surface area contributed by atoms with E-state index >= 15 is 0 Å². The van der Waals surface area contributed by atoms with Crippen LogP contribution in [0.4, 0.5) is 0 Å². The molecule has 116 valence electrons. The summed E-state index contributed by atoms with van der Waals surface area (Å²) in [6.45, 7) is 6.29. The molecule has 0 radical (unpaired) electrons. The number of aliphatic carboxylic acids is 1. The van der Waals surface area contributed by atoms with Gasteiger partial charge in [-0.15, -0.1) is 11.3 Å². The van der Waals surface area contributed by atoms with Crippen molar-refractivity contribution in [2.75, 3.05) is 0 Å². The molecule has 1 amide bonds. The van der Waals surface area contributed by atoms with Crippen LogP contribution in [0.2, 0.25) is 0 Å². The first-order valence-corrected chi connectivity index (χ1v) is 8.10. The molecular formula is C15H22N2O3S. The van der Waals surface area contributed by atoms with Gasteiger partial charge in [0.05, 0.1) is 23.0 Å². The zero-order valence-electron chi connectivity index (χ0n) is 12.7. The number of thiazole rings is 1. The molecule has 21 heavy (non-hydrogen) atoms. The van der Waals surface area contributed by atoms with E-state index in [1.54, 1.807) is 11.3 Å². The molecular weight excluding hydrogens is 288 g/mol. The van der Waals surface area contributed by atoms with Crippen molar-refractivity contribution in [1.29, 1.82) is 0 Å². The first-order chi connectivity index (χ1) is 9.75. The average Bonchev–Trinajstić information content (AvgIpc) is 2.97. The largest absolute Gasteiger partial charge is 0.481 e. The number of nitrogens with zero attached hydrogens (tertiary/aromatic N) is 1. The van der Waals surface area contributed by atoms with Gasteiger partial charge in [0, 0.05) is 16.8 Å². The van der Waals surface area contributed by atoms with Crippen LogP contribution in [0.3, 0.4) is 0 Å².